The van der Waals surface area contributed by atoms with Gasteiger partial charge in [-0.25, -0.2) is 4.98 Å². The zero-order chi connectivity index (χ0) is 14.1. The van der Waals surface area contributed by atoms with Gasteiger partial charge in [0, 0.05) is 23.7 Å². The van der Waals surface area contributed by atoms with Crippen LogP contribution in [0.4, 0.5) is 0 Å². The summed E-state index contributed by atoms with van der Waals surface area (Å²) >= 11 is 1.74. The van der Waals surface area contributed by atoms with E-state index in [4.69, 9.17) is 0 Å². The van der Waals surface area contributed by atoms with Crippen LogP contribution < -0.4 is 5.32 Å². The van der Waals surface area contributed by atoms with Gasteiger partial charge < -0.3 is 5.32 Å². The maximum absolute atomic E-state index is 4.67. The SMILES string of the molecule is CCC1CCCC(NCc2c(C)nc3scc(C)n23)C1. The number of rotatable bonds is 4. The molecule has 0 amide bonds. The van der Waals surface area contributed by atoms with Crippen LogP contribution in [0.5, 0.6) is 0 Å². The lowest BCUT2D eigenvalue weighted by Gasteiger charge is -2.29. The Morgan fingerprint density at radius 2 is 2.25 bits per heavy atom. The second-order valence-corrected chi connectivity index (χ2v) is 6.99. The number of thiazole rings is 1. The molecule has 1 aliphatic carbocycles. The van der Waals surface area contributed by atoms with Gasteiger partial charge in [0.1, 0.15) is 0 Å². The van der Waals surface area contributed by atoms with E-state index in [1.54, 1.807) is 11.3 Å². The normalized spacial score (nSPS) is 23.6. The van der Waals surface area contributed by atoms with Crippen LogP contribution in [-0.2, 0) is 6.54 Å². The van der Waals surface area contributed by atoms with E-state index in [1.165, 1.54) is 49.2 Å². The molecule has 0 saturated heterocycles. The molecule has 0 spiro atoms. The molecule has 2 aromatic heterocycles. The van der Waals surface area contributed by atoms with Crippen molar-refractivity contribution in [3.63, 3.8) is 0 Å². The Morgan fingerprint density at radius 1 is 1.40 bits per heavy atom. The average molecular weight is 291 g/mol. The third kappa shape index (κ3) is 2.63. The minimum atomic E-state index is 0.692. The van der Waals surface area contributed by atoms with Crippen molar-refractivity contribution >= 4 is 16.3 Å². The minimum Gasteiger partial charge on any atom is -0.308 e. The van der Waals surface area contributed by atoms with Gasteiger partial charge >= 0.3 is 0 Å². The minimum absolute atomic E-state index is 0.692. The summed E-state index contributed by atoms with van der Waals surface area (Å²) in [6.45, 7) is 7.58. The molecule has 1 aliphatic rings. The van der Waals surface area contributed by atoms with Crippen molar-refractivity contribution < 1.29 is 0 Å². The molecule has 3 nitrogen and oxygen atoms in total. The second-order valence-electron chi connectivity index (χ2n) is 6.16. The Bertz CT molecular complexity index is 584. The molecule has 1 saturated carbocycles. The number of fused-ring (bicyclic) bond motifs is 1. The molecule has 0 radical (unpaired) electrons. The Hall–Kier alpha value is -0.870. The Balaban J connectivity index is 1.70. The van der Waals surface area contributed by atoms with Crippen molar-refractivity contribution in [3.05, 3.63) is 22.5 Å². The van der Waals surface area contributed by atoms with Crippen LogP contribution in [-0.4, -0.2) is 15.4 Å². The summed E-state index contributed by atoms with van der Waals surface area (Å²) in [5, 5.41) is 5.98. The first-order chi connectivity index (χ1) is 9.69. The summed E-state index contributed by atoms with van der Waals surface area (Å²) in [4.78, 5) is 5.80. The van der Waals surface area contributed by atoms with Crippen molar-refractivity contribution in [2.75, 3.05) is 0 Å². The fourth-order valence-electron chi connectivity index (χ4n) is 3.46. The van der Waals surface area contributed by atoms with E-state index in [0.717, 1.165) is 17.4 Å². The molecule has 3 rings (SSSR count). The highest BCUT2D eigenvalue weighted by Crippen LogP contribution is 2.27. The number of nitrogens with one attached hydrogen (secondary N) is 1. The maximum atomic E-state index is 4.67. The lowest BCUT2D eigenvalue weighted by atomic mass is 9.84. The zero-order valence-electron chi connectivity index (χ0n) is 12.8. The number of hydrogen-bond donors (Lipinski definition) is 1. The van der Waals surface area contributed by atoms with Gasteiger partial charge in [0.05, 0.1) is 11.4 Å². The zero-order valence-corrected chi connectivity index (χ0v) is 13.6. The Morgan fingerprint density at radius 3 is 3.05 bits per heavy atom. The fraction of sp³-hybridized carbons (Fsp3) is 0.688. The third-order valence-corrected chi connectivity index (χ3v) is 5.69. The first kappa shape index (κ1) is 14.1. The van der Waals surface area contributed by atoms with Crippen LogP contribution in [0.25, 0.3) is 4.96 Å². The van der Waals surface area contributed by atoms with E-state index < -0.39 is 0 Å². The number of aromatic nitrogens is 2. The van der Waals surface area contributed by atoms with Crippen molar-refractivity contribution in [1.29, 1.82) is 0 Å². The van der Waals surface area contributed by atoms with E-state index in [-0.39, 0.29) is 0 Å². The van der Waals surface area contributed by atoms with E-state index in [9.17, 15) is 0 Å². The molecule has 4 heteroatoms. The standard InChI is InChI=1S/C16H25N3S/c1-4-13-6-5-7-14(8-13)17-9-15-12(3)18-16-19(15)11(2)10-20-16/h10,13-14,17H,4-9H2,1-3H3. The van der Waals surface area contributed by atoms with Gasteiger partial charge in [0.15, 0.2) is 4.96 Å². The summed E-state index contributed by atoms with van der Waals surface area (Å²) in [5.74, 6) is 0.927. The topological polar surface area (TPSA) is 29.3 Å². The summed E-state index contributed by atoms with van der Waals surface area (Å²) in [6.07, 6.45) is 6.82. The summed E-state index contributed by atoms with van der Waals surface area (Å²) in [5.41, 5.74) is 3.82. The lowest BCUT2D eigenvalue weighted by molar-refractivity contribution is 0.277. The Labute approximate surface area is 125 Å². The monoisotopic (exact) mass is 291 g/mol. The van der Waals surface area contributed by atoms with Gasteiger partial charge in [0.2, 0.25) is 0 Å². The molecule has 0 aromatic carbocycles. The number of hydrogen-bond acceptors (Lipinski definition) is 3. The van der Waals surface area contributed by atoms with Gasteiger partial charge in [0.25, 0.3) is 0 Å². The number of imidazole rings is 1. The molecule has 110 valence electrons. The predicted octanol–water partition coefficient (Wildman–Crippen LogP) is 4.07. The molecule has 20 heavy (non-hydrogen) atoms. The van der Waals surface area contributed by atoms with Crippen molar-refractivity contribution in [3.8, 4) is 0 Å². The molecule has 2 heterocycles. The van der Waals surface area contributed by atoms with E-state index >= 15 is 0 Å². The first-order valence-corrected chi connectivity index (χ1v) is 8.72. The molecule has 1 N–H and O–H groups in total. The molecule has 2 unspecified atom stereocenters. The van der Waals surface area contributed by atoms with Crippen molar-refractivity contribution in [2.45, 2.75) is 65.5 Å². The first-order valence-electron chi connectivity index (χ1n) is 7.84. The molecule has 2 aromatic rings. The largest absolute Gasteiger partial charge is 0.308 e. The quantitative estimate of drug-likeness (QED) is 0.920. The Kier molecular flexibility index (Phi) is 4.13. The molecule has 1 fully saturated rings. The van der Waals surface area contributed by atoms with Crippen molar-refractivity contribution in [1.82, 2.24) is 14.7 Å². The highest BCUT2D eigenvalue weighted by Gasteiger charge is 2.21. The van der Waals surface area contributed by atoms with Gasteiger partial charge in [-0.15, -0.1) is 11.3 Å². The van der Waals surface area contributed by atoms with Crippen LogP contribution in [0, 0.1) is 19.8 Å². The molecular formula is C16H25N3S. The van der Waals surface area contributed by atoms with Gasteiger partial charge in [-0.2, -0.15) is 0 Å². The summed E-state index contributed by atoms with van der Waals surface area (Å²) in [7, 11) is 0. The highest BCUT2D eigenvalue weighted by molar-refractivity contribution is 7.15. The maximum Gasteiger partial charge on any atom is 0.194 e. The van der Waals surface area contributed by atoms with E-state index in [0.29, 0.717) is 6.04 Å². The summed E-state index contributed by atoms with van der Waals surface area (Å²) < 4.78 is 2.31. The van der Waals surface area contributed by atoms with Crippen LogP contribution in [0.3, 0.4) is 0 Å². The van der Waals surface area contributed by atoms with Crippen LogP contribution in [0.2, 0.25) is 0 Å². The number of aryl methyl sites for hydroxylation is 2. The number of nitrogens with zero attached hydrogens (tertiary/aromatic N) is 2. The predicted molar refractivity (Wildman–Crippen MR) is 85.4 cm³/mol. The second kappa shape index (κ2) is 5.86. The lowest BCUT2D eigenvalue weighted by Crippen LogP contribution is -2.34. The molecular weight excluding hydrogens is 266 g/mol. The summed E-state index contributed by atoms with van der Waals surface area (Å²) in [6, 6.07) is 0.692. The van der Waals surface area contributed by atoms with E-state index in [2.05, 4.69) is 40.9 Å². The van der Waals surface area contributed by atoms with Crippen LogP contribution in [0.15, 0.2) is 5.38 Å². The van der Waals surface area contributed by atoms with Crippen molar-refractivity contribution in [2.24, 2.45) is 5.92 Å². The van der Waals surface area contributed by atoms with Crippen LogP contribution >= 0.6 is 11.3 Å². The van der Waals surface area contributed by atoms with Crippen LogP contribution in [0.1, 0.15) is 56.1 Å². The third-order valence-electron chi connectivity index (χ3n) is 4.75. The smallest absolute Gasteiger partial charge is 0.194 e. The van der Waals surface area contributed by atoms with Gasteiger partial charge in [-0.3, -0.25) is 4.40 Å². The molecule has 0 aliphatic heterocycles. The molecule has 2 atom stereocenters. The van der Waals surface area contributed by atoms with E-state index in [1.807, 2.05) is 0 Å². The fourth-order valence-corrected chi connectivity index (χ4v) is 4.39. The average Bonchev–Trinajstić information content (AvgIpc) is 2.96. The highest BCUT2D eigenvalue weighted by atomic mass is 32.1. The van der Waals surface area contributed by atoms with Gasteiger partial charge in [-0.05, 0) is 32.6 Å². The van der Waals surface area contributed by atoms with Gasteiger partial charge in [-0.1, -0.05) is 26.2 Å². The molecule has 0 bridgehead atoms.